The third-order valence-corrected chi connectivity index (χ3v) is 9.87. The molecule has 0 radical (unpaired) electrons. The van der Waals surface area contributed by atoms with Gasteiger partial charge in [-0.3, -0.25) is 4.90 Å². The summed E-state index contributed by atoms with van der Waals surface area (Å²) in [7, 11) is 0. The Labute approximate surface area is 233 Å². The monoisotopic (exact) mass is 540 g/mol. The van der Waals surface area contributed by atoms with Crippen LogP contribution in [0.1, 0.15) is 38.5 Å². The van der Waals surface area contributed by atoms with Crippen molar-refractivity contribution in [3.63, 3.8) is 0 Å². The van der Waals surface area contributed by atoms with Crippen molar-refractivity contribution in [2.24, 2.45) is 0 Å². The molecular weight excluding hydrogens is 508 g/mol. The predicted octanol–water partition coefficient (Wildman–Crippen LogP) is 5.45. The molecule has 39 heavy (non-hydrogen) atoms. The van der Waals surface area contributed by atoms with Crippen molar-refractivity contribution >= 4 is 39.1 Å². The summed E-state index contributed by atoms with van der Waals surface area (Å²) in [5.74, 6) is 2.30. The minimum absolute atomic E-state index is 0.168. The number of aromatic nitrogens is 3. The number of hydrogen-bond donors (Lipinski definition) is 1. The minimum atomic E-state index is 0.168. The van der Waals surface area contributed by atoms with E-state index >= 15 is 0 Å². The zero-order valence-corrected chi connectivity index (χ0v) is 22.8. The second-order valence-electron chi connectivity index (χ2n) is 11.7. The van der Waals surface area contributed by atoms with Crippen LogP contribution in [0.15, 0.2) is 48.7 Å². The molecule has 0 amide bonds. The van der Waals surface area contributed by atoms with Gasteiger partial charge in [0.15, 0.2) is 5.82 Å². The summed E-state index contributed by atoms with van der Waals surface area (Å²) < 4.78 is 6.58. The van der Waals surface area contributed by atoms with Gasteiger partial charge in [0.25, 0.3) is 0 Å². The molecule has 8 rings (SSSR count). The number of pyridine rings is 1. The van der Waals surface area contributed by atoms with Crippen LogP contribution in [-0.4, -0.2) is 70.3 Å². The normalized spacial score (nSPS) is 24.1. The number of nitrogens with zero attached hydrogens (tertiary/aromatic N) is 5. The van der Waals surface area contributed by atoms with E-state index in [0.29, 0.717) is 35.4 Å². The molecule has 0 spiro atoms. The van der Waals surface area contributed by atoms with Gasteiger partial charge < -0.3 is 15.0 Å². The molecule has 4 saturated heterocycles. The quantitative estimate of drug-likeness (QED) is 0.361. The van der Waals surface area contributed by atoms with Gasteiger partial charge in [0, 0.05) is 53.4 Å². The van der Waals surface area contributed by atoms with Crippen LogP contribution in [-0.2, 0) is 0 Å². The highest BCUT2D eigenvalue weighted by atomic mass is 35.5. The number of rotatable bonds is 5. The summed E-state index contributed by atoms with van der Waals surface area (Å²) in [5, 5.41) is 7.35. The van der Waals surface area contributed by atoms with Gasteiger partial charge in [-0.15, -0.1) is 0 Å². The first-order chi connectivity index (χ1) is 19.2. The van der Waals surface area contributed by atoms with Gasteiger partial charge >= 0.3 is 0 Å². The maximum atomic E-state index is 6.67. The molecule has 0 saturated carbocycles. The Hall–Kier alpha value is -3.00. The summed E-state index contributed by atoms with van der Waals surface area (Å²) in [6, 6.07) is 15.1. The largest absolute Gasteiger partial charge is 0.476 e. The molecule has 7 nitrogen and oxygen atoms in total. The maximum absolute atomic E-state index is 6.67. The molecule has 4 aliphatic rings. The zero-order chi connectivity index (χ0) is 26.0. The number of piperazine rings is 1. The molecule has 4 aliphatic heterocycles. The van der Waals surface area contributed by atoms with E-state index in [1.54, 1.807) is 0 Å². The summed E-state index contributed by atoms with van der Waals surface area (Å²) in [6.07, 6.45) is 9.25. The summed E-state index contributed by atoms with van der Waals surface area (Å²) in [4.78, 5) is 20.3. The average Bonchev–Trinajstić information content (AvgIpc) is 3.61. The van der Waals surface area contributed by atoms with Crippen molar-refractivity contribution in [3.8, 4) is 17.3 Å². The van der Waals surface area contributed by atoms with Crippen LogP contribution in [0.2, 0.25) is 5.02 Å². The Morgan fingerprint density at radius 2 is 1.77 bits per heavy atom. The molecule has 2 aromatic carbocycles. The van der Waals surface area contributed by atoms with Crippen LogP contribution < -0.4 is 15.0 Å². The van der Waals surface area contributed by atoms with E-state index < -0.39 is 0 Å². The highest BCUT2D eigenvalue weighted by molar-refractivity contribution is 6.36. The van der Waals surface area contributed by atoms with Crippen LogP contribution in [0.5, 0.6) is 5.88 Å². The number of halogens is 1. The first kappa shape index (κ1) is 23.9. The van der Waals surface area contributed by atoms with Crippen LogP contribution in [0.4, 0.5) is 5.82 Å². The topological polar surface area (TPSA) is 66.4 Å². The summed E-state index contributed by atoms with van der Waals surface area (Å²) in [5.41, 5.74) is 1.98. The maximum Gasteiger partial charge on any atom is 0.217 e. The lowest BCUT2D eigenvalue weighted by molar-refractivity contribution is 0.111. The highest BCUT2D eigenvalue weighted by Gasteiger charge is 2.45. The van der Waals surface area contributed by atoms with Crippen molar-refractivity contribution in [3.05, 3.63) is 53.7 Å². The number of anilines is 1. The van der Waals surface area contributed by atoms with Crippen molar-refractivity contribution in [2.75, 3.05) is 37.7 Å². The van der Waals surface area contributed by atoms with Crippen LogP contribution in [0.3, 0.4) is 0 Å². The summed E-state index contributed by atoms with van der Waals surface area (Å²) in [6.45, 7) is 5.03. The van der Waals surface area contributed by atoms with Gasteiger partial charge in [0.2, 0.25) is 5.88 Å². The molecule has 1 N–H and O–H groups in total. The Kier molecular flexibility index (Phi) is 5.68. The zero-order valence-electron chi connectivity index (χ0n) is 22.1. The molecule has 8 heteroatoms. The Morgan fingerprint density at radius 1 is 1.00 bits per heavy atom. The van der Waals surface area contributed by atoms with Gasteiger partial charge in [0.05, 0.1) is 16.4 Å². The summed E-state index contributed by atoms with van der Waals surface area (Å²) >= 11 is 6.67. The fourth-order valence-corrected chi connectivity index (χ4v) is 7.95. The van der Waals surface area contributed by atoms with Gasteiger partial charge in [-0.2, -0.15) is 4.98 Å². The molecule has 4 fully saturated rings. The lowest BCUT2D eigenvalue weighted by Crippen LogP contribution is -2.52. The van der Waals surface area contributed by atoms with E-state index in [-0.39, 0.29) is 5.54 Å². The number of nitrogens with one attached hydrogen (secondary N) is 1. The number of ether oxygens (including phenoxy) is 1. The highest BCUT2D eigenvalue weighted by Crippen LogP contribution is 2.41. The standard InChI is InChI=1S/C31H33ClN6O/c32-25-8-2-6-20-5-1-7-23(28(20)25)29-34-18-24-26(35-29)15-27(39-19-31-11-3-13-37(31)14-4-12-31)36-30(24)38-21-9-10-22(38)17-33-16-21/h1-2,5-8,15,18,21-22,33H,3-4,9-14,16-17,19H2. The number of fused-ring (bicyclic) bond motifs is 5. The predicted molar refractivity (Wildman–Crippen MR) is 156 cm³/mol. The molecule has 200 valence electrons. The third-order valence-electron chi connectivity index (χ3n) is 9.55. The molecule has 0 aliphatic carbocycles. The van der Waals surface area contributed by atoms with E-state index in [1.165, 1.54) is 51.6 Å². The second kappa shape index (κ2) is 9.29. The Morgan fingerprint density at radius 3 is 2.56 bits per heavy atom. The minimum Gasteiger partial charge on any atom is -0.476 e. The smallest absolute Gasteiger partial charge is 0.217 e. The fraction of sp³-hybridized carbons (Fsp3) is 0.452. The number of hydrogen-bond acceptors (Lipinski definition) is 7. The molecule has 2 unspecified atom stereocenters. The second-order valence-corrected chi connectivity index (χ2v) is 12.1. The van der Waals surface area contributed by atoms with Gasteiger partial charge in [0.1, 0.15) is 12.4 Å². The molecule has 2 aromatic heterocycles. The molecular formula is C31H33ClN6O. The van der Waals surface area contributed by atoms with E-state index in [1.807, 2.05) is 30.5 Å². The van der Waals surface area contributed by atoms with E-state index in [4.69, 9.17) is 31.3 Å². The lowest BCUT2D eigenvalue weighted by Gasteiger charge is -2.37. The van der Waals surface area contributed by atoms with Crippen LogP contribution in [0, 0.1) is 0 Å². The molecule has 2 bridgehead atoms. The molecule has 4 aromatic rings. The lowest BCUT2D eigenvalue weighted by atomic mass is 9.95. The van der Waals surface area contributed by atoms with Crippen molar-refractivity contribution in [1.29, 1.82) is 0 Å². The first-order valence-electron chi connectivity index (χ1n) is 14.4. The molecule has 6 heterocycles. The van der Waals surface area contributed by atoms with Crippen molar-refractivity contribution in [2.45, 2.75) is 56.1 Å². The Balaban J connectivity index is 1.24. The van der Waals surface area contributed by atoms with Crippen LogP contribution in [0.25, 0.3) is 33.1 Å². The van der Waals surface area contributed by atoms with Crippen molar-refractivity contribution < 1.29 is 4.74 Å². The SMILES string of the molecule is Clc1cccc2cccc(-c3ncc4c(N5C6CCC5CNC6)nc(OCC56CCCN5CCC6)cc4n3)c12. The van der Waals surface area contributed by atoms with Gasteiger partial charge in [-0.05, 0) is 63.1 Å². The first-order valence-corrected chi connectivity index (χ1v) is 14.8. The van der Waals surface area contributed by atoms with E-state index in [9.17, 15) is 0 Å². The van der Waals surface area contributed by atoms with E-state index in [0.717, 1.165) is 46.1 Å². The van der Waals surface area contributed by atoms with Gasteiger partial charge in [-0.1, -0.05) is 41.9 Å². The fourth-order valence-electron chi connectivity index (χ4n) is 7.67. The van der Waals surface area contributed by atoms with E-state index in [2.05, 4.69) is 33.3 Å². The average molecular weight is 541 g/mol. The Bertz CT molecular complexity index is 1540. The third kappa shape index (κ3) is 3.89. The van der Waals surface area contributed by atoms with Crippen LogP contribution >= 0.6 is 11.6 Å². The number of benzene rings is 2. The van der Waals surface area contributed by atoms with Gasteiger partial charge in [-0.25, -0.2) is 9.97 Å². The molecule has 2 atom stereocenters. The van der Waals surface area contributed by atoms with Crippen molar-refractivity contribution in [1.82, 2.24) is 25.2 Å².